The zero-order chi connectivity index (χ0) is 17.0. The van der Waals surface area contributed by atoms with Gasteiger partial charge in [-0.1, -0.05) is 54.6 Å². The molecule has 0 aliphatic rings. The summed E-state index contributed by atoms with van der Waals surface area (Å²) < 4.78 is 28.8. The molecule has 0 radical (unpaired) electrons. The molecular formula is C19H19O3S2+. The van der Waals surface area contributed by atoms with Crippen LogP contribution in [0, 0.1) is 0 Å². The third kappa shape index (κ3) is 3.38. The second kappa shape index (κ2) is 6.81. The quantitative estimate of drug-likeness (QED) is 0.479. The minimum atomic E-state index is -3.56. The highest BCUT2D eigenvalue weighted by atomic mass is 32.3. The Morgan fingerprint density at radius 1 is 0.583 bits per heavy atom. The number of rotatable bonds is 5. The van der Waals surface area contributed by atoms with E-state index >= 15 is 0 Å². The topological polar surface area (TPSA) is 46.9 Å². The molecule has 3 rings (SSSR count). The first kappa shape index (κ1) is 16.8. The summed E-state index contributed by atoms with van der Waals surface area (Å²) in [6, 6.07) is 29.0. The zero-order valence-electron chi connectivity index (χ0n) is 13.2. The fourth-order valence-electron chi connectivity index (χ4n) is 2.59. The van der Waals surface area contributed by atoms with E-state index in [1.54, 1.807) is 0 Å². The highest BCUT2D eigenvalue weighted by Gasteiger charge is 2.41. The maximum Gasteiger partial charge on any atom is 0.387 e. The highest BCUT2D eigenvalue weighted by Crippen LogP contribution is 2.67. The molecule has 0 spiro atoms. The van der Waals surface area contributed by atoms with E-state index in [9.17, 15) is 8.42 Å². The molecule has 1 N–H and O–H groups in total. The van der Waals surface area contributed by atoms with Crippen LogP contribution in [0.2, 0.25) is 0 Å². The second-order valence-corrected chi connectivity index (χ2v) is 9.96. The van der Waals surface area contributed by atoms with Gasteiger partial charge < -0.3 is 0 Å². The Balaban J connectivity index is 2.37. The Hall–Kier alpha value is -2.08. The van der Waals surface area contributed by atoms with E-state index in [-0.39, 0.29) is 0 Å². The van der Waals surface area contributed by atoms with Crippen LogP contribution in [0.1, 0.15) is 0 Å². The lowest BCUT2D eigenvalue weighted by molar-refractivity contribution is 0.393. The van der Waals surface area contributed by atoms with Gasteiger partial charge in [-0.15, -0.1) is 0 Å². The van der Waals surface area contributed by atoms with Crippen LogP contribution in [-0.2, 0) is 10.1 Å². The molecule has 124 valence electrons. The SMILES string of the molecule is CS(=O)(=O)[OH+]S(c1ccccc1)(c1ccccc1)c1ccccc1. The average Bonchev–Trinajstić information content (AvgIpc) is 2.61. The summed E-state index contributed by atoms with van der Waals surface area (Å²) in [5.41, 5.74) is 0. The van der Waals surface area contributed by atoms with Crippen molar-refractivity contribution in [2.45, 2.75) is 14.7 Å². The third-order valence-corrected chi connectivity index (χ3v) is 8.34. The average molecular weight is 359 g/mol. The van der Waals surface area contributed by atoms with E-state index in [4.69, 9.17) is 0 Å². The van der Waals surface area contributed by atoms with Crippen molar-refractivity contribution in [3.63, 3.8) is 0 Å². The van der Waals surface area contributed by atoms with Gasteiger partial charge in [-0.3, -0.25) is 3.63 Å². The van der Waals surface area contributed by atoms with Crippen LogP contribution in [0.15, 0.2) is 106 Å². The molecular weight excluding hydrogens is 340 g/mol. The van der Waals surface area contributed by atoms with Crippen molar-refractivity contribution in [1.82, 2.24) is 0 Å². The van der Waals surface area contributed by atoms with Crippen LogP contribution in [0.5, 0.6) is 0 Å². The standard InChI is InChI=1S/C19H18O3S2/c1-23(20,21)22-24(17-11-5-2-6-12-17,18-13-7-3-8-14-18)19-15-9-4-10-16-19/h2-16H,1H3/p+1. The number of hydrogen-bond acceptors (Lipinski definition) is 2. The Bertz CT molecular complexity index is 796. The minimum Gasteiger partial charge on any atom is -0.262 e. The summed E-state index contributed by atoms with van der Waals surface area (Å²) in [5.74, 6) is 0. The first-order valence-electron chi connectivity index (χ1n) is 7.45. The normalized spacial score (nSPS) is 12.7. The predicted octanol–water partition coefficient (Wildman–Crippen LogP) is 4.94. The molecule has 0 unspecified atom stereocenters. The van der Waals surface area contributed by atoms with Gasteiger partial charge in [-0.2, -0.15) is 8.42 Å². The highest BCUT2D eigenvalue weighted by molar-refractivity contribution is 8.32. The molecule has 0 atom stereocenters. The van der Waals surface area contributed by atoms with Gasteiger partial charge in [0.05, 0.1) is 25.0 Å². The number of benzene rings is 3. The Labute approximate surface area is 144 Å². The summed E-state index contributed by atoms with van der Waals surface area (Å²) in [6.45, 7) is 0. The van der Waals surface area contributed by atoms with Gasteiger partial charge in [-0.25, -0.2) is 0 Å². The van der Waals surface area contributed by atoms with Crippen LogP contribution >= 0.6 is 10.3 Å². The van der Waals surface area contributed by atoms with Gasteiger partial charge in [0.2, 0.25) is 0 Å². The molecule has 0 heterocycles. The van der Waals surface area contributed by atoms with Gasteiger partial charge in [0.15, 0.2) is 0 Å². The zero-order valence-corrected chi connectivity index (χ0v) is 14.9. The fourth-order valence-corrected chi connectivity index (χ4v) is 7.72. The third-order valence-electron chi connectivity index (χ3n) is 3.50. The van der Waals surface area contributed by atoms with Gasteiger partial charge in [0, 0.05) is 0 Å². The predicted molar refractivity (Wildman–Crippen MR) is 99.2 cm³/mol. The van der Waals surface area contributed by atoms with E-state index < -0.39 is 20.4 Å². The van der Waals surface area contributed by atoms with Crippen LogP contribution in [0.4, 0.5) is 0 Å². The Morgan fingerprint density at radius 2 is 0.875 bits per heavy atom. The van der Waals surface area contributed by atoms with E-state index in [2.05, 4.69) is 3.63 Å². The van der Waals surface area contributed by atoms with Crippen molar-refractivity contribution in [3.05, 3.63) is 91.0 Å². The van der Waals surface area contributed by atoms with E-state index in [1.165, 1.54) is 0 Å². The lowest BCUT2D eigenvalue weighted by Crippen LogP contribution is -2.17. The smallest absolute Gasteiger partial charge is 0.262 e. The van der Waals surface area contributed by atoms with Crippen LogP contribution in [0.25, 0.3) is 0 Å². The van der Waals surface area contributed by atoms with Crippen LogP contribution < -0.4 is 0 Å². The van der Waals surface area contributed by atoms with Crippen molar-refractivity contribution >= 4 is 20.4 Å². The summed E-state index contributed by atoms with van der Waals surface area (Å²) in [6.07, 6.45) is 1.16. The van der Waals surface area contributed by atoms with Gasteiger partial charge >= 0.3 is 10.1 Å². The molecule has 24 heavy (non-hydrogen) atoms. The van der Waals surface area contributed by atoms with Crippen molar-refractivity contribution in [2.24, 2.45) is 0 Å². The molecule has 3 aromatic rings. The number of hydrogen-bond donors (Lipinski definition) is 0. The molecule has 3 aromatic carbocycles. The molecule has 0 fully saturated rings. The summed E-state index contributed by atoms with van der Waals surface area (Å²) in [5, 5.41) is 0. The monoisotopic (exact) mass is 359 g/mol. The van der Waals surface area contributed by atoms with E-state index in [1.807, 2.05) is 91.0 Å². The summed E-state index contributed by atoms with van der Waals surface area (Å²) in [7, 11) is -5.82. The van der Waals surface area contributed by atoms with Gasteiger partial charge in [0.1, 0.15) is 6.26 Å². The molecule has 0 saturated carbocycles. The molecule has 0 aromatic heterocycles. The van der Waals surface area contributed by atoms with Gasteiger partial charge in [0.25, 0.3) is 0 Å². The molecule has 0 aliphatic heterocycles. The Morgan fingerprint density at radius 3 is 1.12 bits per heavy atom. The lowest BCUT2D eigenvalue weighted by atomic mass is 10.4. The van der Waals surface area contributed by atoms with Crippen molar-refractivity contribution in [3.8, 4) is 0 Å². The minimum absolute atomic E-state index is 0.896. The molecule has 3 nitrogen and oxygen atoms in total. The van der Waals surface area contributed by atoms with Crippen LogP contribution in [0.3, 0.4) is 0 Å². The first-order valence-corrected chi connectivity index (χ1v) is 10.9. The van der Waals surface area contributed by atoms with Crippen molar-refractivity contribution in [2.75, 3.05) is 6.26 Å². The molecule has 5 heteroatoms. The Kier molecular flexibility index (Phi) is 4.76. The summed E-state index contributed by atoms with van der Waals surface area (Å²) >= 11 is 0. The maximum atomic E-state index is 12.2. The fraction of sp³-hybridized carbons (Fsp3) is 0.0526. The molecule has 0 amide bonds. The molecule has 0 bridgehead atoms. The first-order chi connectivity index (χ1) is 11.5. The lowest BCUT2D eigenvalue weighted by Gasteiger charge is -2.34. The second-order valence-electron chi connectivity index (χ2n) is 5.33. The van der Waals surface area contributed by atoms with Gasteiger partial charge in [-0.05, 0) is 36.4 Å². The maximum absolute atomic E-state index is 12.2. The molecule has 0 aliphatic carbocycles. The van der Waals surface area contributed by atoms with Crippen molar-refractivity contribution in [1.29, 1.82) is 0 Å². The van der Waals surface area contributed by atoms with Crippen molar-refractivity contribution < 1.29 is 12.0 Å². The largest absolute Gasteiger partial charge is 0.387 e. The van der Waals surface area contributed by atoms with Crippen LogP contribution in [-0.4, -0.2) is 18.3 Å². The molecule has 0 saturated heterocycles. The van der Waals surface area contributed by atoms with E-state index in [0.717, 1.165) is 20.9 Å². The van der Waals surface area contributed by atoms with E-state index in [0.29, 0.717) is 0 Å². The summed E-state index contributed by atoms with van der Waals surface area (Å²) in [4.78, 5) is 2.69.